The number of phenolic OH excluding ortho intramolecular Hbond substituents is 1. The number of aryl methyl sites for hydroxylation is 1. The van der Waals surface area contributed by atoms with Gasteiger partial charge >= 0.3 is 0 Å². The second-order valence-electron chi connectivity index (χ2n) is 9.08. The number of azo groups is 1. The Morgan fingerprint density at radius 2 is 1.76 bits per heavy atom. The molecule has 0 spiro atoms. The summed E-state index contributed by atoms with van der Waals surface area (Å²) in [7, 11) is -3.87. The highest BCUT2D eigenvalue weighted by atomic mass is 32.2. The van der Waals surface area contributed by atoms with Crippen LogP contribution in [0.3, 0.4) is 0 Å². The van der Waals surface area contributed by atoms with Crippen molar-refractivity contribution in [3.05, 3.63) is 35.9 Å². The van der Waals surface area contributed by atoms with E-state index < -0.39 is 10.0 Å². The molecular weight excluding hydrogens is 510 g/mol. The number of nitrogens with two attached hydrogens (primary N) is 1. The zero-order valence-corrected chi connectivity index (χ0v) is 23.0. The summed E-state index contributed by atoms with van der Waals surface area (Å²) in [6.07, 6.45) is 9.16. The van der Waals surface area contributed by atoms with E-state index in [1.54, 1.807) is 18.2 Å². The van der Waals surface area contributed by atoms with Crippen LogP contribution < -0.4 is 10.5 Å². The third kappa shape index (κ3) is 8.31. The van der Waals surface area contributed by atoms with Gasteiger partial charge in [0.1, 0.15) is 5.75 Å². The normalized spacial score (nSPS) is 12.0. The average Bonchev–Trinajstić information content (AvgIpc) is 3.27. The van der Waals surface area contributed by atoms with Crippen molar-refractivity contribution >= 4 is 54.7 Å². The van der Waals surface area contributed by atoms with E-state index in [-0.39, 0.29) is 16.6 Å². The molecule has 0 saturated carbocycles. The summed E-state index contributed by atoms with van der Waals surface area (Å²) < 4.78 is 27.8. The van der Waals surface area contributed by atoms with Gasteiger partial charge in [-0.15, -0.1) is 10.2 Å². The molecule has 3 aromatic rings. The van der Waals surface area contributed by atoms with Crippen LogP contribution in [-0.2, 0) is 21.2 Å². The summed E-state index contributed by atoms with van der Waals surface area (Å²) in [5.74, 6) is -0.0974. The van der Waals surface area contributed by atoms with E-state index in [1.165, 1.54) is 12.1 Å². The fraction of sp³-hybridized carbons (Fsp3) is 0.462. The van der Waals surface area contributed by atoms with Crippen molar-refractivity contribution in [1.29, 1.82) is 0 Å². The molecule has 9 nitrogen and oxygen atoms in total. The van der Waals surface area contributed by atoms with E-state index >= 15 is 0 Å². The number of amides is 1. The Morgan fingerprint density at radius 3 is 2.46 bits per heavy atom. The van der Waals surface area contributed by atoms with E-state index in [4.69, 9.17) is 5.14 Å². The number of nitrogens with one attached hydrogen (secondary N) is 1. The largest absolute Gasteiger partial charge is 0.505 e. The lowest BCUT2D eigenvalue weighted by Crippen LogP contribution is -2.11. The van der Waals surface area contributed by atoms with E-state index in [0.717, 1.165) is 62.9 Å². The van der Waals surface area contributed by atoms with E-state index in [0.29, 0.717) is 45.7 Å². The predicted octanol–water partition coefficient (Wildman–Crippen LogP) is 7.10. The van der Waals surface area contributed by atoms with Crippen LogP contribution >= 0.6 is 11.5 Å². The highest BCUT2D eigenvalue weighted by molar-refractivity contribution is 7.89. The fourth-order valence-electron chi connectivity index (χ4n) is 3.95. The van der Waals surface area contributed by atoms with Crippen LogP contribution in [-0.4, -0.2) is 23.8 Å². The van der Waals surface area contributed by atoms with E-state index in [1.807, 2.05) is 0 Å². The Bertz CT molecular complexity index is 1350. The first-order chi connectivity index (χ1) is 17.7. The summed E-state index contributed by atoms with van der Waals surface area (Å²) >= 11 is 1.09. The first-order valence-electron chi connectivity index (χ1n) is 12.7. The van der Waals surface area contributed by atoms with Gasteiger partial charge in [0.05, 0.1) is 21.8 Å². The first-order valence-corrected chi connectivity index (χ1v) is 15.0. The summed E-state index contributed by atoms with van der Waals surface area (Å²) in [4.78, 5) is 12.5. The van der Waals surface area contributed by atoms with Crippen molar-refractivity contribution in [2.45, 2.75) is 83.0 Å². The van der Waals surface area contributed by atoms with Gasteiger partial charge in [0.15, 0.2) is 5.00 Å². The minimum Gasteiger partial charge on any atom is -0.505 e. The lowest BCUT2D eigenvalue weighted by Gasteiger charge is -2.12. The van der Waals surface area contributed by atoms with Gasteiger partial charge in [-0.1, -0.05) is 52.4 Å². The summed E-state index contributed by atoms with van der Waals surface area (Å²) in [5.41, 5.74) is 2.06. The van der Waals surface area contributed by atoms with Crippen LogP contribution in [0.4, 0.5) is 16.4 Å². The van der Waals surface area contributed by atoms with Crippen molar-refractivity contribution in [2.75, 3.05) is 5.32 Å². The summed E-state index contributed by atoms with van der Waals surface area (Å²) in [6.45, 7) is 4.26. The molecule has 0 atom stereocenters. The summed E-state index contributed by atoms with van der Waals surface area (Å²) in [6, 6.07) is 7.77. The molecule has 200 valence electrons. The fourth-order valence-corrected chi connectivity index (χ4v) is 5.17. The first kappa shape index (κ1) is 28.7. The Morgan fingerprint density at radius 1 is 1.03 bits per heavy atom. The van der Waals surface area contributed by atoms with Crippen LogP contribution in [0.5, 0.6) is 5.75 Å². The van der Waals surface area contributed by atoms with Crippen molar-refractivity contribution in [3.63, 3.8) is 0 Å². The molecule has 0 fully saturated rings. The van der Waals surface area contributed by atoms with Crippen LogP contribution in [0.2, 0.25) is 0 Å². The Kier molecular flexibility index (Phi) is 10.5. The van der Waals surface area contributed by atoms with Crippen molar-refractivity contribution in [3.8, 4) is 5.75 Å². The Balaban J connectivity index is 1.88. The number of hydrogen-bond donors (Lipinski definition) is 3. The zero-order valence-electron chi connectivity index (χ0n) is 21.4. The number of fused-ring (bicyclic) bond motifs is 1. The highest BCUT2D eigenvalue weighted by Crippen LogP contribution is 2.37. The number of hydrogen-bond acceptors (Lipinski definition) is 8. The van der Waals surface area contributed by atoms with Gasteiger partial charge in [0.25, 0.3) is 0 Å². The highest BCUT2D eigenvalue weighted by Gasteiger charge is 2.15. The number of carbonyl (C=O) groups excluding carboxylic acids is 1. The quantitative estimate of drug-likeness (QED) is 0.112. The smallest absolute Gasteiger partial charge is 0.238 e. The minimum absolute atomic E-state index is 0.0282. The number of anilines is 1. The lowest BCUT2D eigenvalue weighted by molar-refractivity contribution is -0.116. The Hall–Kier alpha value is -2.89. The number of rotatable bonds is 14. The second-order valence-corrected chi connectivity index (χ2v) is 11.4. The molecule has 1 aromatic heterocycles. The minimum atomic E-state index is -3.87. The SMILES string of the molecule is CCCCCCC(=O)Nc1cc(/N=N/c2snc3ccc(S(N)(=O)=O)cc23)cc(CCCCCC)c1O. The van der Waals surface area contributed by atoms with Crippen LogP contribution in [0.25, 0.3) is 10.9 Å². The van der Waals surface area contributed by atoms with Crippen LogP contribution in [0.1, 0.15) is 77.2 Å². The predicted molar refractivity (Wildman–Crippen MR) is 149 cm³/mol. The molecule has 0 aliphatic heterocycles. The molecule has 37 heavy (non-hydrogen) atoms. The molecule has 0 saturated heterocycles. The van der Waals surface area contributed by atoms with Crippen molar-refractivity contribution < 1.29 is 18.3 Å². The monoisotopic (exact) mass is 545 g/mol. The van der Waals surface area contributed by atoms with Gasteiger partial charge < -0.3 is 10.4 Å². The number of benzene rings is 2. The molecule has 0 bridgehead atoms. The van der Waals surface area contributed by atoms with E-state index in [9.17, 15) is 18.3 Å². The molecule has 3 rings (SSSR count). The molecule has 1 heterocycles. The third-order valence-corrected chi connectivity index (χ3v) is 7.69. The molecule has 11 heteroatoms. The van der Waals surface area contributed by atoms with Gasteiger partial charge in [-0.05, 0) is 66.7 Å². The Labute approximate surface area is 222 Å². The molecule has 0 unspecified atom stereocenters. The van der Waals surface area contributed by atoms with Gasteiger partial charge in [-0.3, -0.25) is 4.79 Å². The number of nitrogens with zero attached hydrogens (tertiary/aromatic N) is 3. The van der Waals surface area contributed by atoms with Gasteiger partial charge in [0, 0.05) is 11.8 Å². The van der Waals surface area contributed by atoms with Gasteiger partial charge in [-0.25, -0.2) is 13.6 Å². The van der Waals surface area contributed by atoms with Crippen LogP contribution in [0, 0.1) is 0 Å². The summed E-state index contributed by atoms with van der Waals surface area (Å²) in [5, 5.41) is 28.6. The molecule has 4 N–H and O–H groups in total. The maximum absolute atomic E-state index is 12.5. The standard InChI is InChI=1S/C26H35N5O4S2/c1-3-5-7-9-11-18-15-19(16-23(25(18)33)28-24(32)12-10-8-6-4-2)29-30-26-21-17-20(37(27,34)35)13-14-22(21)31-36-26/h13-17,33H,3-12H2,1-2H3,(H,28,32)(H2,27,34,35)/b30-29+. The maximum atomic E-state index is 12.5. The molecule has 2 aromatic carbocycles. The van der Waals surface area contributed by atoms with Crippen molar-refractivity contribution in [2.24, 2.45) is 15.4 Å². The number of phenols is 1. The number of sulfonamides is 1. The molecule has 0 aliphatic rings. The molecule has 0 radical (unpaired) electrons. The third-order valence-electron chi connectivity index (χ3n) is 6.02. The second kappa shape index (κ2) is 13.6. The van der Waals surface area contributed by atoms with E-state index in [2.05, 4.69) is 33.8 Å². The van der Waals surface area contributed by atoms with Gasteiger partial charge in [0.2, 0.25) is 15.9 Å². The maximum Gasteiger partial charge on any atom is 0.238 e. The molecular formula is C26H35N5O4S2. The zero-order chi connectivity index (χ0) is 26.8. The molecule has 1 amide bonds. The number of primary sulfonamides is 1. The average molecular weight is 546 g/mol. The molecule has 0 aliphatic carbocycles. The van der Waals surface area contributed by atoms with Crippen molar-refractivity contribution in [1.82, 2.24) is 4.37 Å². The number of unbranched alkanes of at least 4 members (excludes halogenated alkanes) is 6. The van der Waals surface area contributed by atoms with Gasteiger partial charge in [-0.2, -0.15) is 4.37 Å². The number of aromatic hydroxyl groups is 1. The lowest BCUT2D eigenvalue weighted by atomic mass is 10.0. The van der Waals surface area contributed by atoms with Crippen LogP contribution in [0.15, 0.2) is 45.5 Å². The number of carbonyl (C=O) groups is 1. The topological polar surface area (TPSA) is 147 Å². The number of aromatic nitrogens is 1.